The first kappa shape index (κ1) is 17.6. The number of carbonyl (C=O) groups is 1. The van der Waals surface area contributed by atoms with Crippen molar-refractivity contribution in [3.8, 4) is 0 Å². The highest BCUT2D eigenvalue weighted by atomic mass is 19.4. The van der Waals surface area contributed by atoms with E-state index in [1.165, 1.54) is 19.1 Å². The van der Waals surface area contributed by atoms with Gasteiger partial charge in [0, 0.05) is 45.3 Å². The zero-order chi connectivity index (χ0) is 16.9. The van der Waals surface area contributed by atoms with Gasteiger partial charge in [0.1, 0.15) is 0 Å². The van der Waals surface area contributed by atoms with Crippen LogP contribution in [0.15, 0.2) is 24.3 Å². The van der Waals surface area contributed by atoms with Crippen molar-refractivity contribution < 1.29 is 18.0 Å². The molecule has 23 heavy (non-hydrogen) atoms. The molecule has 1 heterocycles. The van der Waals surface area contributed by atoms with Gasteiger partial charge in [-0.3, -0.25) is 9.69 Å². The molecule has 0 bridgehead atoms. The summed E-state index contributed by atoms with van der Waals surface area (Å²) in [6, 6.07) is 5.49. The van der Waals surface area contributed by atoms with Gasteiger partial charge in [-0.2, -0.15) is 13.2 Å². The summed E-state index contributed by atoms with van der Waals surface area (Å²) in [5.41, 5.74) is 0.0189. The minimum atomic E-state index is -4.30. The lowest BCUT2D eigenvalue weighted by Crippen LogP contribution is -2.47. The molecule has 1 amide bonds. The van der Waals surface area contributed by atoms with E-state index in [0.29, 0.717) is 25.3 Å². The zero-order valence-corrected chi connectivity index (χ0v) is 13.2. The predicted octanol–water partition coefficient (Wildman–Crippen LogP) is 2.35. The SMILES string of the molecule is CC(=O)NCCCN1CCN(c2cccc(C(F)(F)F)c2)CC1. The highest BCUT2D eigenvalue weighted by molar-refractivity contribution is 5.72. The third kappa shape index (κ3) is 5.42. The molecular weight excluding hydrogens is 307 g/mol. The Morgan fingerprint density at radius 1 is 1.22 bits per heavy atom. The van der Waals surface area contributed by atoms with Crippen LogP contribution in [0.2, 0.25) is 0 Å². The van der Waals surface area contributed by atoms with Crippen molar-refractivity contribution in [1.29, 1.82) is 0 Å². The van der Waals surface area contributed by atoms with E-state index in [2.05, 4.69) is 10.2 Å². The number of anilines is 1. The zero-order valence-electron chi connectivity index (χ0n) is 13.2. The van der Waals surface area contributed by atoms with Crippen LogP contribution >= 0.6 is 0 Å². The average Bonchev–Trinajstić information content (AvgIpc) is 2.51. The molecule has 1 aliphatic heterocycles. The monoisotopic (exact) mass is 329 g/mol. The van der Waals surface area contributed by atoms with Gasteiger partial charge < -0.3 is 10.2 Å². The molecule has 1 fully saturated rings. The maximum Gasteiger partial charge on any atom is 0.416 e. The fourth-order valence-electron chi connectivity index (χ4n) is 2.68. The summed E-state index contributed by atoms with van der Waals surface area (Å²) in [6.07, 6.45) is -3.43. The maximum absolute atomic E-state index is 12.8. The van der Waals surface area contributed by atoms with Crippen molar-refractivity contribution in [2.45, 2.75) is 19.5 Å². The maximum atomic E-state index is 12.8. The van der Waals surface area contributed by atoms with Gasteiger partial charge in [0.05, 0.1) is 5.56 Å². The Morgan fingerprint density at radius 2 is 1.91 bits per heavy atom. The topological polar surface area (TPSA) is 35.6 Å². The smallest absolute Gasteiger partial charge is 0.369 e. The number of hydrogen-bond acceptors (Lipinski definition) is 3. The number of rotatable bonds is 5. The normalized spacial score (nSPS) is 16.4. The first-order chi connectivity index (χ1) is 10.9. The van der Waals surface area contributed by atoms with Gasteiger partial charge in [-0.25, -0.2) is 0 Å². The second-order valence-corrected chi connectivity index (χ2v) is 5.71. The van der Waals surface area contributed by atoms with Gasteiger partial charge in [0.2, 0.25) is 5.91 Å². The van der Waals surface area contributed by atoms with Gasteiger partial charge in [-0.1, -0.05) is 6.07 Å². The molecular formula is C16H22F3N3O. The van der Waals surface area contributed by atoms with Crippen LogP contribution in [0.5, 0.6) is 0 Å². The molecule has 128 valence electrons. The Bertz CT molecular complexity index is 526. The van der Waals surface area contributed by atoms with Gasteiger partial charge in [-0.15, -0.1) is 0 Å². The van der Waals surface area contributed by atoms with Crippen LogP contribution in [-0.2, 0) is 11.0 Å². The molecule has 0 radical (unpaired) electrons. The van der Waals surface area contributed by atoms with Crippen molar-refractivity contribution in [2.75, 3.05) is 44.2 Å². The largest absolute Gasteiger partial charge is 0.416 e. The lowest BCUT2D eigenvalue weighted by molar-refractivity contribution is -0.137. The first-order valence-electron chi connectivity index (χ1n) is 7.75. The van der Waals surface area contributed by atoms with Crippen molar-refractivity contribution in [1.82, 2.24) is 10.2 Å². The lowest BCUT2D eigenvalue weighted by atomic mass is 10.1. The van der Waals surface area contributed by atoms with Crippen LogP contribution in [0.1, 0.15) is 18.9 Å². The second kappa shape index (κ2) is 7.68. The van der Waals surface area contributed by atoms with Gasteiger partial charge >= 0.3 is 6.18 Å². The molecule has 1 saturated heterocycles. The van der Waals surface area contributed by atoms with E-state index in [-0.39, 0.29) is 5.91 Å². The van der Waals surface area contributed by atoms with E-state index in [1.54, 1.807) is 6.07 Å². The summed E-state index contributed by atoms with van der Waals surface area (Å²) in [5, 5.41) is 2.76. The molecule has 0 aliphatic carbocycles. The Kier molecular flexibility index (Phi) is 5.87. The Labute approximate surface area is 134 Å². The van der Waals surface area contributed by atoms with Crippen LogP contribution < -0.4 is 10.2 Å². The van der Waals surface area contributed by atoms with E-state index in [1.807, 2.05) is 4.90 Å². The summed E-state index contributed by atoms with van der Waals surface area (Å²) in [7, 11) is 0. The summed E-state index contributed by atoms with van der Waals surface area (Å²) >= 11 is 0. The third-order valence-corrected chi connectivity index (χ3v) is 3.94. The Morgan fingerprint density at radius 3 is 2.52 bits per heavy atom. The summed E-state index contributed by atoms with van der Waals surface area (Å²) in [6.45, 7) is 6.09. The van der Waals surface area contributed by atoms with Crippen molar-refractivity contribution in [3.05, 3.63) is 29.8 Å². The molecule has 1 aliphatic rings. The predicted molar refractivity (Wildman–Crippen MR) is 83.4 cm³/mol. The molecule has 2 rings (SSSR count). The van der Waals surface area contributed by atoms with Crippen LogP contribution in [-0.4, -0.2) is 50.1 Å². The summed E-state index contributed by atoms with van der Waals surface area (Å²) < 4.78 is 38.3. The fourth-order valence-corrected chi connectivity index (χ4v) is 2.68. The highest BCUT2D eigenvalue weighted by Gasteiger charge is 2.31. The molecule has 1 aromatic carbocycles. The molecule has 0 saturated carbocycles. The molecule has 0 aromatic heterocycles. The number of nitrogens with one attached hydrogen (secondary N) is 1. The van der Waals surface area contributed by atoms with E-state index in [9.17, 15) is 18.0 Å². The van der Waals surface area contributed by atoms with E-state index >= 15 is 0 Å². The number of nitrogens with zero attached hydrogens (tertiary/aromatic N) is 2. The number of piperazine rings is 1. The summed E-state index contributed by atoms with van der Waals surface area (Å²) in [5.74, 6) is -0.0284. The number of amides is 1. The number of hydrogen-bond donors (Lipinski definition) is 1. The fraction of sp³-hybridized carbons (Fsp3) is 0.562. The van der Waals surface area contributed by atoms with Crippen LogP contribution in [0.4, 0.5) is 18.9 Å². The molecule has 1 aromatic rings. The van der Waals surface area contributed by atoms with Crippen molar-refractivity contribution in [3.63, 3.8) is 0 Å². The molecule has 0 unspecified atom stereocenters. The quantitative estimate of drug-likeness (QED) is 0.843. The first-order valence-corrected chi connectivity index (χ1v) is 7.75. The molecule has 7 heteroatoms. The average molecular weight is 329 g/mol. The standard InChI is InChI=1S/C16H22F3N3O/c1-13(23)20-6-3-7-21-8-10-22(11-9-21)15-5-2-4-14(12-15)16(17,18)19/h2,4-5,12H,3,6-11H2,1H3,(H,20,23). The second-order valence-electron chi connectivity index (χ2n) is 5.71. The van der Waals surface area contributed by atoms with E-state index < -0.39 is 11.7 Å². The van der Waals surface area contributed by atoms with E-state index in [4.69, 9.17) is 0 Å². The van der Waals surface area contributed by atoms with Crippen molar-refractivity contribution in [2.24, 2.45) is 0 Å². The van der Waals surface area contributed by atoms with E-state index in [0.717, 1.165) is 32.1 Å². The number of carbonyl (C=O) groups excluding carboxylic acids is 1. The molecule has 4 nitrogen and oxygen atoms in total. The minimum Gasteiger partial charge on any atom is -0.369 e. The number of alkyl halides is 3. The molecule has 0 spiro atoms. The highest BCUT2D eigenvalue weighted by Crippen LogP contribution is 2.31. The van der Waals surface area contributed by atoms with Gasteiger partial charge in [-0.05, 0) is 31.2 Å². The van der Waals surface area contributed by atoms with Crippen LogP contribution in [0, 0.1) is 0 Å². The number of halogens is 3. The summed E-state index contributed by atoms with van der Waals surface area (Å²) in [4.78, 5) is 15.0. The van der Waals surface area contributed by atoms with Gasteiger partial charge in [0.15, 0.2) is 0 Å². The van der Waals surface area contributed by atoms with Crippen LogP contribution in [0.25, 0.3) is 0 Å². The molecule has 1 N–H and O–H groups in total. The third-order valence-electron chi connectivity index (χ3n) is 3.94. The lowest BCUT2D eigenvalue weighted by Gasteiger charge is -2.36. The van der Waals surface area contributed by atoms with Gasteiger partial charge in [0.25, 0.3) is 0 Å². The Balaban J connectivity index is 1.81. The van der Waals surface area contributed by atoms with Crippen molar-refractivity contribution >= 4 is 11.6 Å². The van der Waals surface area contributed by atoms with Crippen LogP contribution in [0.3, 0.4) is 0 Å². The Hall–Kier alpha value is -1.76. The minimum absolute atomic E-state index is 0.0284. The molecule has 0 atom stereocenters. The number of benzene rings is 1.